The molecule has 0 spiro atoms. The molecule has 0 amide bonds. The molecule has 16 heavy (non-hydrogen) atoms. The van der Waals surface area contributed by atoms with E-state index in [2.05, 4.69) is 10.3 Å². The van der Waals surface area contributed by atoms with Gasteiger partial charge in [0.2, 0.25) is 0 Å². The highest BCUT2D eigenvalue weighted by molar-refractivity contribution is 5.93. The first-order valence-corrected chi connectivity index (χ1v) is 4.85. The molecule has 1 aromatic heterocycles. The molecule has 2 aromatic rings. The number of aromatic nitrogens is 2. The van der Waals surface area contributed by atoms with E-state index in [1.807, 2.05) is 0 Å². The van der Waals surface area contributed by atoms with Crippen LogP contribution < -0.4 is 15.8 Å². The second-order valence-electron chi connectivity index (χ2n) is 3.30. The number of hydrogen-bond acceptors (Lipinski definition) is 5. The zero-order valence-corrected chi connectivity index (χ0v) is 8.55. The van der Waals surface area contributed by atoms with Crippen LogP contribution in [0.15, 0.2) is 24.5 Å². The number of nitrogens with two attached hydrogens (primary N) is 1. The maximum atomic E-state index is 11.6. The summed E-state index contributed by atoms with van der Waals surface area (Å²) in [5.74, 6) is 0. The second kappa shape index (κ2) is 4.19. The molecule has 0 aliphatic carbocycles. The van der Waals surface area contributed by atoms with Crippen LogP contribution in [0.25, 0.3) is 11.0 Å². The molecule has 4 N–H and O–H groups in total. The Bertz CT molecular complexity index is 515. The summed E-state index contributed by atoms with van der Waals surface area (Å²) in [6, 6.07) is 3.37. The van der Waals surface area contributed by atoms with Gasteiger partial charge >= 0.3 is 0 Å². The van der Waals surface area contributed by atoms with Crippen molar-refractivity contribution in [2.24, 2.45) is 0 Å². The van der Waals surface area contributed by atoms with Gasteiger partial charge in [-0.25, -0.2) is 4.98 Å². The van der Waals surface area contributed by atoms with E-state index in [1.165, 1.54) is 12.4 Å². The summed E-state index contributed by atoms with van der Waals surface area (Å²) in [5.41, 5.74) is 7.64. The Balaban J connectivity index is 2.61. The van der Waals surface area contributed by atoms with Gasteiger partial charge in [-0.1, -0.05) is 0 Å². The molecule has 84 valence electrons. The third-order valence-electron chi connectivity index (χ3n) is 2.24. The van der Waals surface area contributed by atoms with E-state index < -0.39 is 0 Å². The summed E-state index contributed by atoms with van der Waals surface area (Å²) in [6.07, 6.45) is 2.72. The topological polar surface area (TPSA) is 98.1 Å². The van der Waals surface area contributed by atoms with Gasteiger partial charge in [-0.15, -0.1) is 0 Å². The van der Waals surface area contributed by atoms with Crippen molar-refractivity contribution in [3.05, 3.63) is 29.7 Å². The number of benzene rings is 1. The molecule has 0 fully saturated rings. The SMILES string of the molecule is Nc1ccc(NCCO)c2c1ncc[n+]2[O-]. The lowest BCUT2D eigenvalue weighted by Gasteiger charge is -2.09. The number of aliphatic hydroxyl groups is 1. The number of anilines is 2. The third kappa shape index (κ3) is 1.70. The van der Waals surface area contributed by atoms with Crippen molar-refractivity contribution in [2.45, 2.75) is 0 Å². The van der Waals surface area contributed by atoms with Crippen LogP contribution in [0.5, 0.6) is 0 Å². The van der Waals surface area contributed by atoms with Crippen molar-refractivity contribution in [3.63, 3.8) is 0 Å². The number of hydrogen-bond donors (Lipinski definition) is 3. The largest absolute Gasteiger partial charge is 0.618 e. The fraction of sp³-hybridized carbons (Fsp3) is 0.200. The standard InChI is InChI=1S/C10H12N4O2/c11-7-1-2-8(12-4-6-15)10-9(7)13-3-5-14(10)16/h1-3,5,12,15H,4,6,11H2. The number of nitrogen functional groups attached to an aromatic ring is 1. The van der Waals surface area contributed by atoms with Crippen LogP contribution in [0.1, 0.15) is 0 Å². The highest BCUT2D eigenvalue weighted by Crippen LogP contribution is 2.23. The molecule has 0 unspecified atom stereocenters. The van der Waals surface area contributed by atoms with Crippen molar-refractivity contribution in [1.29, 1.82) is 0 Å². The fourth-order valence-corrected chi connectivity index (χ4v) is 1.53. The highest BCUT2D eigenvalue weighted by atomic mass is 16.5. The average Bonchev–Trinajstić information content (AvgIpc) is 2.29. The molecular weight excluding hydrogens is 208 g/mol. The average molecular weight is 220 g/mol. The zero-order valence-electron chi connectivity index (χ0n) is 8.55. The molecule has 0 aliphatic rings. The molecule has 1 aromatic carbocycles. The Morgan fingerprint density at radius 1 is 1.50 bits per heavy atom. The quantitative estimate of drug-likeness (QED) is 0.380. The first kappa shape index (κ1) is 10.4. The van der Waals surface area contributed by atoms with E-state index in [1.54, 1.807) is 12.1 Å². The molecule has 6 nitrogen and oxygen atoms in total. The van der Waals surface area contributed by atoms with E-state index in [4.69, 9.17) is 10.8 Å². The van der Waals surface area contributed by atoms with Crippen molar-refractivity contribution in [2.75, 3.05) is 24.2 Å². The minimum Gasteiger partial charge on any atom is -0.618 e. The van der Waals surface area contributed by atoms with Crippen LogP contribution >= 0.6 is 0 Å². The molecule has 0 aliphatic heterocycles. The van der Waals surface area contributed by atoms with Gasteiger partial charge in [-0.2, -0.15) is 4.73 Å². The zero-order chi connectivity index (χ0) is 11.5. The van der Waals surface area contributed by atoms with Gasteiger partial charge < -0.3 is 21.4 Å². The van der Waals surface area contributed by atoms with Crippen LogP contribution in [-0.4, -0.2) is 23.2 Å². The van der Waals surface area contributed by atoms with E-state index in [9.17, 15) is 5.21 Å². The molecule has 0 bridgehead atoms. The number of aliphatic hydroxyl groups excluding tert-OH is 1. The van der Waals surface area contributed by atoms with E-state index in [0.29, 0.717) is 33.7 Å². The lowest BCUT2D eigenvalue weighted by Crippen LogP contribution is -2.28. The van der Waals surface area contributed by atoms with Crippen LogP contribution in [0, 0.1) is 5.21 Å². The number of fused-ring (bicyclic) bond motifs is 1. The number of nitrogens with one attached hydrogen (secondary N) is 1. The van der Waals surface area contributed by atoms with Crippen molar-refractivity contribution >= 4 is 22.4 Å². The third-order valence-corrected chi connectivity index (χ3v) is 2.24. The van der Waals surface area contributed by atoms with Crippen LogP contribution in [-0.2, 0) is 0 Å². The van der Waals surface area contributed by atoms with Crippen LogP contribution in [0.4, 0.5) is 11.4 Å². The Morgan fingerprint density at radius 2 is 2.31 bits per heavy atom. The Morgan fingerprint density at radius 3 is 3.06 bits per heavy atom. The minimum atomic E-state index is -0.00894. The summed E-state index contributed by atoms with van der Waals surface area (Å²) < 4.78 is 0.707. The van der Waals surface area contributed by atoms with Gasteiger partial charge in [0.05, 0.1) is 18.5 Å². The molecule has 1 heterocycles. The summed E-state index contributed by atoms with van der Waals surface area (Å²) in [6.45, 7) is 0.360. The molecular formula is C10H12N4O2. The van der Waals surface area contributed by atoms with E-state index in [-0.39, 0.29) is 6.61 Å². The Kier molecular flexibility index (Phi) is 2.74. The molecule has 0 radical (unpaired) electrons. The number of rotatable bonds is 3. The first-order chi connectivity index (χ1) is 7.74. The summed E-state index contributed by atoms with van der Waals surface area (Å²) >= 11 is 0. The number of nitrogens with zero attached hydrogens (tertiary/aromatic N) is 2. The monoisotopic (exact) mass is 220 g/mol. The Labute approximate surface area is 91.9 Å². The van der Waals surface area contributed by atoms with Gasteiger partial charge in [0, 0.05) is 6.54 Å². The smallest absolute Gasteiger partial charge is 0.267 e. The van der Waals surface area contributed by atoms with Gasteiger partial charge in [-0.3, -0.25) is 0 Å². The molecule has 2 rings (SSSR count). The summed E-state index contributed by atoms with van der Waals surface area (Å²) in [5, 5.41) is 23.3. The second-order valence-corrected chi connectivity index (χ2v) is 3.30. The molecule has 0 saturated carbocycles. The highest BCUT2D eigenvalue weighted by Gasteiger charge is 2.13. The normalized spacial score (nSPS) is 10.6. The van der Waals surface area contributed by atoms with Crippen LogP contribution in [0.2, 0.25) is 0 Å². The molecule has 0 atom stereocenters. The molecule has 0 saturated heterocycles. The predicted octanol–water partition coefficient (Wildman–Crippen LogP) is -0.145. The minimum absolute atomic E-state index is 0.00894. The van der Waals surface area contributed by atoms with Gasteiger partial charge in [0.25, 0.3) is 5.52 Å². The summed E-state index contributed by atoms with van der Waals surface area (Å²) in [4.78, 5) is 4.06. The fourth-order valence-electron chi connectivity index (χ4n) is 1.53. The predicted molar refractivity (Wildman–Crippen MR) is 60.7 cm³/mol. The summed E-state index contributed by atoms with van der Waals surface area (Å²) in [7, 11) is 0. The van der Waals surface area contributed by atoms with Gasteiger partial charge in [-0.05, 0) is 12.1 Å². The Hall–Kier alpha value is -2.08. The van der Waals surface area contributed by atoms with Crippen molar-refractivity contribution < 1.29 is 9.84 Å². The van der Waals surface area contributed by atoms with Gasteiger partial charge in [0.1, 0.15) is 5.69 Å². The van der Waals surface area contributed by atoms with E-state index >= 15 is 0 Å². The van der Waals surface area contributed by atoms with Gasteiger partial charge in [0.15, 0.2) is 11.7 Å². The molecule has 6 heteroatoms. The van der Waals surface area contributed by atoms with Crippen LogP contribution in [0.3, 0.4) is 0 Å². The lowest BCUT2D eigenvalue weighted by molar-refractivity contribution is -0.576. The maximum absolute atomic E-state index is 11.6. The lowest BCUT2D eigenvalue weighted by atomic mass is 10.2. The van der Waals surface area contributed by atoms with Crippen molar-refractivity contribution in [1.82, 2.24) is 4.98 Å². The first-order valence-electron chi connectivity index (χ1n) is 4.85. The maximum Gasteiger partial charge on any atom is 0.267 e. The van der Waals surface area contributed by atoms with E-state index in [0.717, 1.165) is 0 Å². The van der Waals surface area contributed by atoms with Crippen molar-refractivity contribution in [3.8, 4) is 0 Å².